The minimum absolute atomic E-state index is 0.0425. The Morgan fingerprint density at radius 3 is 3.20 bits per heavy atom. The highest BCUT2D eigenvalue weighted by Crippen LogP contribution is 2.22. The summed E-state index contributed by atoms with van der Waals surface area (Å²) in [4.78, 5) is 18.4. The van der Waals surface area contributed by atoms with E-state index in [1.54, 1.807) is 10.4 Å². The van der Waals surface area contributed by atoms with Gasteiger partial charge in [0.1, 0.15) is 10.9 Å². The molecular formula is C10H11N3OS. The molecule has 0 bridgehead atoms. The van der Waals surface area contributed by atoms with E-state index in [1.165, 1.54) is 11.3 Å². The predicted octanol–water partition coefficient (Wildman–Crippen LogP) is 1.58. The second-order valence-corrected chi connectivity index (χ2v) is 4.41. The summed E-state index contributed by atoms with van der Waals surface area (Å²) >= 11 is 1.35. The van der Waals surface area contributed by atoms with Gasteiger partial charge in [-0.25, -0.2) is 4.98 Å². The van der Waals surface area contributed by atoms with Gasteiger partial charge >= 0.3 is 0 Å². The van der Waals surface area contributed by atoms with Crippen molar-refractivity contribution >= 4 is 17.2 Å². The molecule has 1 atom stereocenters. The third-order valence-corrected chi connectivity index (χ3v) is 3.52. The van der Waals surface area contributed by atoms with Gasteiger partial charge in [-0.3, -0.25) is 4.79 Å². The Kier molecular flexibility index (Phi) is 2.69. The number of nitrogens with zero attached hydrogens (tertiary/aromatic N) is 3. The molecule has 2 rings (SSSR count). The summed E-state index contributed by atoms with van der Waals surface area (Å²) in [6.45, 7) is 2.51. The topological polar surface area (TPSA) is 57.0 Å². The highest BCUT2D eigenvalue weighted by Gasteiger charge is 2.30. The molecule has 0 saturated carbocycles. The van der Waals surface area contributed by atoms with E-state index in [1.807, 2.05) is 6.92 Å². The molecule has 1 aromatic heterocycles. The molecule has 1 aliphatic rings. The third-order valence-electron chi connectivity index (χ3n) is 2.60. The minimum Gasteiger partial charge on any atom is -0.322 e. The number of carbonyl (C=O) groups is 1. The lowest BCUT2D eigenvalue weighted by atomic mass is 10.2. The number of amides is 1. The number of aromatic nitrogens is 1. The monoisotopic (exact) mass is 221 g/mol. The van der Waals surface area contributed by atoms with E-state index in [2.05, 4.69) is 11.1 Å². The van der Waals surface area contributed by atoms with Gasteiger partial charge in [-0.2, -0.15) is 5.26 Å². The molecule has 4 nitrogen and oxygen atoms in total. The van der Waals surface area contributed by atoms with E-state index in [0.29, 0.717) is 11.4 Å². The van der Waals surface area contributed by atoms with Crippen molar-refractivity contribution in [2.75, 3.05) is 6.54 Å². The van der Waals surface area contributed by atoms with Crippen LogP contribution in [0.4, 0.5) is 0 Å². The fourth-order valence-corrected chi connectivity index (χ4v) is 2.54. The normalized spacial score (nSPS) is 20.3. The van der Waals surface area contributed by atoms with Crippen LogP contribution in [-0.4, -0.2) is 28.4 Å². The second-order valence-electron chi connectivity index (χ2n) is 3.55. The number of hydrogen-bond acceptors (Lipinski definition) is 4. The van der Waals surface area contributed by atoms with Crippen molar-refractivity contribution in [3.05, 3.63) is 16.1 Å². The zero-order valence-corrected chi connectivity index (χ0v) is 9.25. The maximum atomic E-state index is 12.0. The Labute approximate surface area is 92.2 Å². The molecule has 1 amide bonds. The van der Waals surface area contributed by atoms with Gasteiger partial charge in [-0.05, 0) is 19.8 Å². The number of likely N-dealkylation sites (tertiary alicyclic amines) is 1. The van der Waals surface area contributed by atoms with Gasteiger partial charge in [0, 0.05) is 6.54 Å². The average Bonchev–Trinajstić information content (AvgIpc) is 2.84. The highest BCUT2D eigenvalue weighted by molar-refractivity contribution is 7.11. The molecule has 2 heterocycles. The summed E-state index contributed by atoms with van der Waals surface area (Å²) in [5.74, 6) is -0.0425. The molecule has 1 aliphatic heterocycles. The molecule has 0 radical (unpaired) electrons. The van der Waals surface area contributed by atoms with Crippen LogP contribution in [0.3, 0.4) is 0 Å². The lowest BCUT2D eigenvalue weighted by molar-refractivity contribution is 0.0769. The van der Waals surface area contributed by atoms with Crippen molar-refractivity contribution in [1.82, 2.24) is 9.88 Å². The van der Waals surface area contributed by atoms with Crippen molar-refractivity contribution in [3.8, 4) is 6.07 Å². The first-order valence-corrected chi connectivity index (χ1v) is 5.72. The molecule has 0 aliphatic carbocycles. The van der Waals surface area contributed by atoms with Crippen LogP contribution in [0.2, 0.25) is 0 Å². The first-order valence-electron chi connectivity index (χ1n) is 4.84. The van der Waals surface area contributed by atoms with Crippen molar-refractivity contribution in [1.29, 1.82) is 5.26 Å². The number of aryl methyl sites for hydroxylation is 1. The maximum Gasteiger partial charge on any atom is 0.266 e. The van der Waals surface area contributed by atoms with Gasteiger partial charge in [-0.1, -0.05) is 0 Å². The number of carbonyl (C=O) groups excluding carboxylic acids is 1. The fraction of sp³-hybridized carbons (Fsp3) is 0.500. The standard InChI is InChI=1S/C10H11N3OS/c1-7-9(15-6-12-7)10(14)13-4-2-3-8(13)5-11/h6,8H,2-4H2,1H3. The van der Waals surface area contributed by atoms with Crippen LogP contribution in [0, 0.1) is 18.3 Å². The average molecular weight is 221 g/mol. The molecule has 1 saturated heterocycles. The van der Waals surface area contributed by atoms with E-state index >= 15 is 0 Å². The van der Waals surface area contributed by atoms with Gasteiger partial charge in [-0.15, -0.1) is 11.3 Å². The highest BCUT2D eigenvalue weighted by atomic mass is 32.1. The smallest absolute Gasteiger partial charge is 0.266 e. The van der Waals surface area contributed by atoms with Gasteiger partial charge in [0.2, 0.25) is 0 Å². The van der Waals surface area contributed by atoms with Crippen LogP contribution < -0.4 is 0 Å². The summed E-state index contributed by atoms with van der Waals surface area (Å²) in [6.07, 6.45) is 1.71. The Morgan fingerprint density at radius 2 is 2.60 bits per heavy atom. The zero-order chi connectivity index (χ0) is 10.8. The lowest BCUT2D eigenvalue weighted by Crippen LogP contribution is -2.34. The van der Waals surface area contributed by atoms with Crippen LogP contribution >= 0.6 is 11.3 Å². The molecule has 0 N–H and O–H groups in total. The number of nitriles is 1. The van der Waals surface area contributed by atoms with E-state index in [9.17, 15) is 4.79 Å². The van der Waals surface area contributed by atoms with E-state index in [0.717, 1.165) is 18.5 Å². The molecule has 0 spiro atoms. The molecule has 0 aromatic carbocycles. The van der Waals surface area contributed by atoms with Gasteiger partial charge in [0.15, 0.2) is 0 Å². The Bertz CT molecular complexity index is 421. The SMILES string of the molecule is Cc1ncsc1C(=O)N1CCCC1C#N. The molecule has 1 fully saturated rings. The first kappa shape index (κ1) is 10.1. The first-order chi connectivity index (χ1) is 7.24. The number of thiazole rings is 1. The lowest BCUT2D eigenvalue weighted by Gasteiger charge is -2.18. The van der Waals surface area contributed by atoms with Crippen molar-refractivity contribution in [2.45, 2.75) is 25.8 Å². The van der Waals surface area contributed by atoms with Crippen LogP contribution in [0.25, 0.3) is 0 Å². The molecule has 1 aromatic rings. The quantitative estimate of drug-likeness (QED) is 0.723. The van der Waals surface area contributed by atoms with E-state index in [4.69, 9.17) is 5.26 Å². The Hall–Kier alpha value is -1.41. The minimum atomic E-state index is -0.251. The number of hydrogen-bond donors (Lipinski definition) is 0. The van der Waals surface area contributed by atoms with Crippen LogP contribution in [0.1, 0.15) is 28.2 Å². The zero-order valence-electron chi connectivity index (χ0n) is 8.43. The van der Waals surface area contributed by atoms with Crippen molar-refractivity contribution < 1.29 is 4.79 Å². The van der Waals surface area contributed by atoms with Crippen molar-refractivity contribution in [3.63, 3.8) is 0 Å². The van der Waals surface area contributed by atoms with E-state index in [-0.39, 0.29) is 11.9 Å². The van der Waals surface area contributed by atoms with Gasteiger partial charge in [0.05, 0.1) is 17.3 Å². The van der Waals surface area contributed by atoms with Crippen molar-refractivity contribution in [2.24, 2.45) is 0 Å². The van der Waals surface area contributed by atoms with Crippen LogP contribution in [0.5, 0.6) is 0 Å². The summed E-state index contributed by atoms with van der Waals surface area (Å²) in [5.41, 5.74) is 2.42. The Balaban J connectivity index is 2.22. The second kappa shape index (κ2) is 3.99. The number of rotatable bonds is 1. The van der Waals surface area contributed by atoms with Gasteiger partial charge < -0.3 is 4.90 Å². The summed E-state index contributed by atoms with van der Waals surface area (Å²) in [6, 6.07) is 1.91. The maximum absolute atomic E-state index is 12.0. The van der Waals surface area contributed by atoms with Crippen LogP contribution in [-0.2, 0) is 0 Å². The predicted molar refractivity (Wildman–Crippen MR) is 56.5 cm³/mol. The molecule has 15 heavy (non-hydrogen) atoms. The summed E-state index contributed by atoms with van der Waals surface area (Å²) in [5, 5.41) is 8.90. The van der Waals surface area contributed by atoms with Gasteiger partial charge in [0.25, 0.3) is 5.91 Å². The Morgan fingerprint density at radius 1 is 1.80 bits per heavy atom. The molecule has 5 heteroatoms. The molecular weight excluding hydrogens is 210 g/mol. The fourth-order valence-electron chi connectivity index (χ4n) is 1.78. The molecule has 78 valence electrons. The molecule has 1 unspecified atom stereocenters. The largest absolute Gasteiger partial charge is 0.322 e. The summed E-state index contributed by atoms with van der Waals surface area (Å²) < 4.78 is 0. The third kappa shape index (κ3) is 1.73. The van der Waals surface area contributed by atoms with E-state index < -0.39 is 0 Å². The summed E-state index contributed by atoms with van der Waals surface area (Å²) in [7, 11) is 0. The van der Waals surface area contributed by atoms with Crippen LogP contribution in [0.15, 0.2) is 5.51 Å².